The number of hydrogen-bond donors (Lipinski definition) is 0. The number of nitrogens with zero attached hydrogens (tertiary/aromatic N) is 1. The van der Waals surface area contributed by atoms with Gasteiger partial charge < -0.3 is 9.64 Å². The van der Waals surface area contributed by atoms with Crippen LogP contribution in [0, 0.1) is 11.8 Å². The summed E-state index contributed by atoms with van der Waals surface area (Å²) in [5.41, 5.74) is 0. The third kappa shape index (κ3) is 3.20. The summed E-state index contributed by atoms with van der Waals surface area (Å²) in [5.74, 6) is 1.07. The Labute approximate surface area is 91.8 Å². The minimum absolute atomic E-state index is 0.0120. The molecule has 15 heavy (non-hydrogen) atoms. The van der Waals surface area contributed by atoms with E-state index in [1.807, 2.05) is 6.92 Å². The maximum atomic E-state index is 11.6. The smallest absolute Gasteiger partial charge is 0.310 e. The van der Waals surface area contributed by atoms with E-state index >= 15 is 0 Å². The first-order valence-electron chi connectivity index (χ1n) is 6.18. The van der Waals surface area contributed by atoms with Gasteiger partial charge in [-0.25, -0.2) is 0 Å². The molecule has 1 atom stereocenters. The average Bonchev–Trinajstić information content (AvgIpc) is 3.03. The second kappa shape index (κ2) is 4.97. The molecule has 0 radical (unpaired) electrons. The van der Waals surface area contributed by atoms with E-state index in [2.05, 4.69) is 4.90 Å². The van der Waals surface area contributed by atoms with E-state index < -0.39 is 0 Å². The van der Waals surface area contributed by atoms with E-state index in [0.717, 1.165) is 25.3 Å². The fourth-order valence-corrected chi connectivity index (χ4v) is 2.34. The van der Waals surface area contributed by atoms with Crippen molar-refractivity contribution in [3.8, 4) is 0 Å². The van der Waals surface area contributed by atoms with Crippen molar-refractivity contribution in [3.05, 3.63) is 0 Å². The highest BCUT2D eigenvalue weighted by Crippen LogP contribution is 2.31. The highest BCUT2D eigenvalue weighted by Gasteiger charge is 2.30. The van der Waals surface area contributed by atoms with Crippen molar-refractivity contribution >= 4 is 5.97 Å². The summed E-state index contributed by atoms with van der Waals surface area (Å²) in [5, 5.41) is 0. The van der Waals surface area contributed by atoms with Gasteiger partial charge in [0.25, 0.3) is 0 Å². The number of piperidine rings is 1. The van der Waals surface area contributed by atoms with E-state index in [1.165, 1.54) is 25.9 Å². The molecule has 0 aromatic rings. The van der Waals surface area contributed by atoms with E-state index in [4.69, 9.17) is 4.74 Å². The molecule has 0 aromatic carbocycles. The highest BCUT2D eigenvalue weighted by molar-refractivity contribution is 5.72. The van der Waals surface area contributed by atoms with Crippen molar-refractivity contribution in [2.75, 3.05) is 26.2 Å². The predicted molar refractivity (Wildman–Crippen MR) is 58.5 cm³/mol. The van der Waals surface area contributed by atoms with E-state index in [-0.39, 0.29) is 11.9 Å². The molecule has 1 aliphatic heterocycles. The monoisotopic (exact) mass is 211 g/mol. The predicted octanol–water partition coefficient (Wildman–Crippen LogP) is 1.67. The van der Waals surface area contributed by atoms with Gasteiger partial charge in [0.15, 0.2) is 0 Å². The molecule has 0 aromatic heterocycles. The van der Waals surface area contributed by atoms with Gasteiger partial charge in [-0.05, 0) is 45.1 Å². The number of carbonyl (C=O) groups excluding carboxylic acids is 1. The van der Waals surface area contributed by atoms with Gasteiger partial charge in [0.1, 0.15) is 0 Å². The first-order valence-corrected chi connectivity index (χ1v) is 6.18. The van der Waals surface area contributed by atoms with Crippen molar-refractivity contribution in [1.29, 1.82) is 0 Å². The second-order valence-electron chi connectivity index (χ2n) is 4.79. The lowest BCUT2D eigenvalue weighted by atomic mass is 9.98. The van der Waals surface area contributed by atoms with Gasteiger partial charge in [-0.3, -0.25) is 4.79 Å². The van der Waals surface area contributed by atoms with Crippen molar-refractivity contribution < 1.29 is 9.53 Å². The van der Waals surface area contributed by atoms with Gasteiger partial charge in [0.05, 0.1) is 12.5 Å². The zero-order valence-electron chi connectivity index (χ0n) is 9.58. The molecule has 3 nitrogen and oxygen atoms in total. The first-order chi connectivity index (χ1) is 7.29. The Morgan fingerprint density at radius 1 is 1.40 bits per heavy atom. The number of carbonyl (C=O) groups is 1. The molecule has 2 rings (SSSR count). The first kappa shape index (κ1) is 10.9. The summed E-state index contributed by atoms with van der Waals surface area (Å²) >= 11 is 0. The van der Waals surface area contributed by atoms with Gasteiger partial charge in [-0.1, -0.05) is 0 Å². The van der Waals surface area contributed by atoms with Gasteiger partial charge >= 0.3 is 5.97 Å². The number of hydrogen-bond acceptors (Lipinski definition) is 3. The average molecular weight is 211 g/mol. The van der Waals surface area contributed by atoms with Crippen LogP contribution in [0.5, 0.6) is 0 Å². The van der Waals surface area contributed by atoms with Gasteiger partial charge in [0, 0.05) is 13.1 Å². The van der Waals surface area contributed by atoms with E-state index in [0.29, 0.717) is 6.61 Å². The molecule has 0 unspecified atom stereocenters. The molecule has 1 heterocycles. The Bertz CT molecular complexity index is 226. The Morgan fingerprint density at radius 2 is 2.20 bits per heavy atom. The second-order valence-corrected chi connectivity index (χ2v) is 4.79. The van der Waals surface area contributed by atoms with Gasteiger partial charge in [0.2, 0.25) is 0 Å². The zero-order valence-corrected chi connectivity index (χ0v) is 9.58. The van der Waals surface area contributed by atoms with Crippen LogP contribution >= 0.6 is 0 Å². The zero-order chi connectivity index (χ0) is 10.7. The fraction of sp³-hybridized carbons (Fsp3) is 0.917. The Balaban J connectivity index is 1.77. The molecule has 2 fully saturated rings. The van der Waals surface area contributed by atoms with Crippen molar-refractivity contribution in [2.24, 2.45) is 11.8 Å². The molecule has 0 amide bonds. The van der Waals surface area contributed by atoms with Crippen LogP contribution in [0.25, 0.3) is 0 Å². The summed E-state index contributed by atoms with van der Waals surface area (Å²) < 4.78 is 5.08. The molecule has 0 spiro atoms. The van der Waals surface area contributed by atoms with Crippen LogP contribution in [0.2, 0.25) is 0 Å². The van der Waals surface area contributed by atoms with Crippen LogP contribution < -0.4 is 0 Å². The maximum absolute atomic E-state index is 11.6. The number of likely N-dealkylation sites (tertiary alicyclic amines) is 1. The summed E-state index contributed by atoms with van der Waals surface area (Å²) in [6.07, 6.45) is 4.94. The summed E-state index contributed by atoms with van der Waals surface area (Å²) in [4.78, 5) is 14.0. The Kier molecular flexibility index (Phi) is 3.62. The lowest BCUT2D eigenvalue weighted by Gasteiger charge is -2.31. The van der Waals surface area contributed by atoms with Crippen LogP contribution in [0.15, 0.2) is 0 Å². The number of rotatable bonds is 4. The van der Waals surface area contributed by atoms with Crippen LogP contribution in [-0.2, 0) is 9.53 Å². The largest absolute Gasteiger partial charge is 0.466 e. The molecule has 2 aliphatic rings. The Morgan fingerprint density at radius 3 is 2.87 bits per heavy atom. The lowest BCUT2D eigenvalue weighted by molar-refractivity contribution is -0.149. The number of esters is 1. The summed E-state index contributed by atoms with van der Waals surface area (Å²) in [6.45, 7) is 5.69. The van der Waals surface area contributed by atoms with Crippen LogP contribution in [-0.4, -0.2) is 37.1 Å². The third-order valence-electron chi connectivity index (χ3n) is 3.34. The molecular formula is C12H21NO2. The minimum atomic E-state index is 0.0120. The van der Waals surface area contributed by atoms with Crippen LogP contribution in [0.1, 0.15) is 32.6 Å². The molecule has 1 aliphatic carbocycles. The van der Waals surface area contributed by atoms with E-state index in [1.54, 1.807) is 0 Å². The lowest BCUT2D eigenvalue weighted by Crippen LogP contribution is -2.40. The van der Waals surface area contributed by atoms with Crippen LogP contribution in [0.4, 0.5) is 0 Å². The number of ether oxygens (including phenoxy) is 1. The molecule has 3 heteroatoms. The highest BCUT2D eigenvalue weighted by atomic mass is 16.5. The fourth-order valence-electron chi connectivity index (χ4n) is 2.34. The standard InChI is InChI=1S/C12H21NO2/c1-2-15-12(14)11-4-3-7-13(9-11)8-10-5-6-10/h10-11H,2-9H2,1H3/t11-/m1/s1. The normalized spacial score (nSPS) is 27.7. The van der Waals surface area contributed by atoms with E-state index in [9.17, 15) is 4.79 Å². The summed E-state index contributed by atoms with van der Waals surface area (Å²) in [7, 11) is 0. The van der Waals surface area contributed by atoms with Crippen LogP contribution in [0.3, 0.4) is 0 Å². The molecule has 86 valence electrons. The Hall–Kier alpha value is -0.570. The van der Waals surface area contributed by atoms with Crippen molar-refractivity contribution in [2.45, 2.75) is 32.6 Å². The molecule has 1 saturated carbocycles. The van der Waals surface area contributed by atoms with Gasteiger partial charge in [-0.15, -0.1) is 0 Å². The van der Waals surface area contributed by atoms with Gasteiger partial charge in [-0.2, -0.15) is 0 Å². The quantitative estimate of drug-likeness (QED) is 0.662. The maximum Gasteiger partial charge on any atom is 0.310 e. The molecule has 1 saturated heterocycles. The molecule has 0 N–H and O–H groups in total. The third-order valence-corrected chi connectivity index (χ3v) is 3.34. The van der Waals surface area contributed by atoms with Crippen molar-refractivity contribution in [1.82, 2.24) is 4.90 Å². The van der Waals surface area contributed by atoms with Crippen molar-refractivity contribution in [3.63, 3.8) is 0 Å². The SMILES string of the molecule is CCOC(=O)[C@@H]1CCCN(CC2CC2)C1. The molecular weight excluding hydrogens is 190 g/mol. The summed E-state index contributed by atoms with van der Waals surface area (Å²) in [6, 6.07) is 0. The minimum Gasteiger partial charge on any atom is -0.466 e. The molecule has 0 bridgehead atoms. The topological polar surface area (TPSA) is 29.5 Å².